The van der Waals surface area contributed by atoms with Crippen molar-refractivity contribution in [1.82, 2.24) is 9.38 Å². The summed E-state index contributed by atoms with van der Waals surface area (Å²) in [4.78, 5) is 4.35. The van der Waals surface area contributed by atoms with Crippen molar-refractivity contribution in [2.24, 2.45) is 5.73 Å². The van der Waals surface area contributed by atoms with Crippen molar-refractivity contribution in [3.63, 3.8) is 0 Å². The summed E-state index contributed by atoms with van der Waals surface area (Å²) in [5.74, 6) is 0. The molecule has 0 bridgehead atoms. The van der Waals surface area contributed by atoms with Crippen LogP contribution in [0.25, 0.3) is 5.65 Å². The van der Waals surface area contributed by atoms with Crippen LogP contribution >= 0.6 is 11.6 Å². The van der Waals surface area contributed by atoms with E-state index in [1.54, 1.807) is 0 Å². The second kappa shape index (κ2) is 3.01. The van der Waals surface area contributed by atoms with Crippen LogP contribution in [0.15, 0.2) is 18.2 Å². The van der Waals surface area contributed by atoms with E-state index in [0.717, 1.165) is 17.0 Å². The van der Waals surface area contributed by atoms with E-state index in [4.69, 9.17) is 17.3 Å². The van der Waals surface area contributed by atoms with Crippen molar-refractivity contribution < 1.29 is 0 Å². The lowest BCUT2D eigenvalue weighted by Gasteiger charge is -1.98. The van der Waals surface area contributed by atoms with Crippen LogP contribution in [0.4, 0.5) is 0 Å². The molecule has 68 valence electrons. The molecule has 3 nitrogen and oxygen atoms in total. The van der Waals surface area contributed by atoms with Crippen LogP contribution in [0.3, 0.4) is 0 Å². The van der Waals surface area contributed by atoms with Gasteiger partial charge in [0.05, 0.1) is 5.69 Å². The highest BCUT2D eigenvalue weighted by Crippen LogP contribution is 2.17. The van der Waals surface area contributed by atoms with Gasteiger partial charge >= 0.3 is 0 Å². The monoisotopic (exact) mass is 195 g/mol. The molecule has 2 heterocycles. The van der Waals surface area contributed by atoms with Gasteiger partial charge in [-0.15, -0.1) is 0 Å². The minimum absolute atomic E-state index is 0.448. The minimum Gasteiger partial charge on any atom is -0.325 e. The zero-order chi connectivity index (χ0) is 9.42. The number of aromatic nitrogens is 2. The van der Waals surface area contributed by atoms with Gasteiger partial charge in [-0.05, 0) is 19.1 Å². The van der Waals surface area contributed by atoms with E-state index >= 15 is 0 Å². The van der Waals surface area contributed by atoms with Crippen molar-refractivity contribution in [3.8, 4) is 0 Å². The molecular weight excluding hydrogens is 186 g/mol. The molecule has 0 spiro atoms. The van der Waals surface area contributed by atoms with Gasteiger partial charge in [0.1, 0.15) is 10.8 Å². The molecule has 4 heteroatoms. The molecule has 0 radical (unpaired) electrons. The Morgan fingerprint density at radius 3 is 2.92 bits per heavy atom. The lowest BCUT2D eigenvalue weighted by molar-refractivity contribution is 0.983. The van der Waals surface area contributed by atoms with Gasteiger partial charge in [0.25, 0.3) is 0 Å². The van der Waals surface area contributed by atoms with Crippen molar-refractivity contribution in [3.05, 3.63) is 34.7 Å². The number of nitrogens with two attached hydrogens (primary N) is 1. The van der Waals surface area contributed by atoms with Gasteiger partial charge in [0, 0.05) is 12.2 Å². The van der Waals surface area contributed by atoms with Crippen LogP contribution in [0.5, 0.6) is 0 Å². The molecule has 0 fully saturated rings. The maximum Gasteiger partial charge on any atom is 0.138 e. The number of halogens is 1. The highest BCUT2D eigenvalue weighted by Gasteiger charge is 2.07. The van der Waals surface area contributed by atoms with Crippen LogP contribution in [-0.2, 0) is 6.54 Å². The van der Waals surface area contributed by atoms with Gasteiger partial charge in [-0.3, -0.25) is 4.40 Å². The molecule has 0 aliphatic carbocycles. The fourth-order valence-corrected chi connectivity index (χ4v) is 1.72. The van der Waals surface area contributed by atoms with Crippen molar-refractivity contribution in [1.29, 1.82) is 0 Å². The molecule has 13 heavy (non-hydrogen) atoms. The van der Waals surface area contributed by atoms with Crippen LogP contribution < -0.4 is 5.73 Å². The standard InChI is InChI=1S/C9H10ClN3/c1-6-7(5-11)12-9-4-2-3-8(10)13(6)9/h2-4H,5,11H2,1H3. The Bertz CT molecular complexity index is 447. The lowest BCUT2D eigenvalue weighted by Crippen LogP contribution is -1.99. The van der Waals surface area contributed by atoms with Crippen LogP contribution in [0.2, 0.25) is 5.15 Å². The first-order valence-corrected chi connectivity index (χ1v) is 4.44. The molecule has 0 aromatic carbocycles. The number of aryl methyl sites for hydroxylation is 1. The number of hydrogen-bond acceptors (Lipinski definition) is 2. The SMILES string of the molecule is Cc1c(CN)nc2cccc(Cl)n12. The van der Waals surface area contributed by atoms with E-state index in [9.17, 15) is 0 Å². The Balaban J connectivity index is 2.85. The Kier molecular flexibility index (Phi) is 1.98. The fraction of sp³-hybridized carbons (Fsp3) is 0.222. The van der Waals surface area contributed by atoms with E-state index in [2.05, 4.69) is 4.98 Å². The normalized spacial score (nSPS) is 11.0. The van der Waals surface area contributed by atoms with Gasteiger partial charge in [0.2, 0.25) is 0 Å². The molecule has 0 saturated carbocycles. The number of nitrogens with zero attached hydrogens (tertiary/aromatic N) is 2. The first-order chi connectivity index (χ1) is 6.24. The van der Waals surface area contributed by atoms with E-state index in [0.29, 0.717) is 11.7 Å². The van der Waals surface area contributed by atoms with Gasteiger partial charge < -0.3 is 5.73 Å². The molecular formula is C9H10ClN3. The molecule has 0 unspecified atom stereocenters. The molecule has 0 atom stereocenters. The maximum atomic E-state index is 6.01. The Hall–Kier alpha value is -1.06. The summed E-state index contributed by atoms with van der Waals surface area (Å²) in [7, 11) is 0. The Morgan fingerprint density at radius 2 is 2.31 bits per heavy atom. The minimum atomic E-state index is 0.448. The van der Waals surface area contributed by atoms with E-state index < -0.39 is 0 Å². The summed E-state index contributed by atoms with van der Waals surface area (Å²) in [5, 5.41) is 0.669. The predicted molar refractivity (Wildman–Crippen MR) is 52.8 cm³/mol. The molecule has 0 amide bonds. The number of rotatable bonds is 1. The van der Waals surface area contributed by atoms with Gasteiger partial charge in [-0.25, -0.2) is 4.98 Å². The smallest absolute Gasteiger partial charge is 0.138 e. The molecule has 2 aromatic rings. The third kappa shape index (κ3) is 1.20. The van der Waals surface area contributed by atoms with Crippen LogP contribution in [-0.4, -0.2) is 9.38 Å². The summed E-state index contributed by atoms with van der Waals surface area (Å²) in [6, 6.07) is 5.63. The second-order valence-electron chi connectivity index (χ2n) is 2.89. The predicted octanol–water partition coefficient (Wildman–Crippen LogP) is 1.75. The van der Waals surface area contributed by atoms with E-state index in [1.165, 1.54) is 0 Å². The molecule has 2 rings (SSSR count). The number of fused-ring (bicyclic) bond motifs is 1. The summed E-state index contributed by atoms with van der Waals surface area (Å²) in [6.45, 7) is 2.41. The van der Waals surface area contributed by atoms with Gasteiger partial charge in [-0.2, -0.15) is 0 Å². The first-order valence-electron chi connectivity index (χ1n) is 4.06. The first kappa shape index (κ1) is 8.53. The van der Waals surface area contributed by atoms with Crippen molar-refractivity contribution in [2.45, 2.75) is 13.5 Å². The number of hydrogen-bond donors (Lipinski definition) is 1. The molecule has 0 aliphatic heterocycles. The topological polar surface area (TPSA) is 43.3 Å². The third-order valence-electron chi connectivity index (χ3n) is 2.12. The number of pyridine rings is 1. The summed E-state index contributed by atoms with van der Waals surface area (Å²) in [6.07, 6.45) is 0. The summed E-state index contributed by atoms with van der Waals surface area (Å²) >= 11 is 6.01. The highest BCUT2D eigenvalue weighted by molar-refractivity contribution is 6.29. The van der Waals surface area contributed by atoms with Crippen molar-refractivity contribution in [2.75, 3.05) is 0 Å². The molecule has 0 aliphatic rings. The van der Waals surface area contributed by atoms with Crippen molar-refractivity contribution >= 4 is 17.2 Å². The largest absolute Gasteiger partial charge is 0.325 e. The lowest BCUT2D eigenvalue weighted by atomic mass is 10.3. The second-order valence-corrected chi connectivity index (χ2v) is 3.28. The molecule has 0 saturated heterocycles. The fourth-order valence-electron chi connectivity index (χ4n) is 1.43. The third-order valence-corrected chi connectivity index (χ3v) is 2.41. The number of imidazole rings is 1. The summed E-state index contributed by atoms with van der Waals surface area (Å²) in [5.41, 5.74) is 8.31. The van der Waals surface area contributed by atoms with Gasteiger partial charge in [-0.1, -0.05) is 17.7 Å². The average molecular weight is 196 g/mol. The van der Waals surface area contributed by atoms with Crippen LogP contribution in [0.1, 0.15) is 11.4 Å². The quantitative estimate of drug-likeness (QED) is 0.705. The zero-order valence-electron chi connectivity index (χ0n) is 7.29. The summed E-state index contributed by atoms with van der Waals surface area (Å²) < 4.78 is 1.89. The Labute approximate surface area is 81.1 Å². The van der Waals surface area contributed by atoms with E-state index in [-0.39, 0.29) is 0 Å². The highest BCUT2D eigenvalue weighted by atomic mass is 35.5. The van der Waals surface area contributed by atoms with Crippen LogP contribution in [0, 0.1) is 6.92 Å². The van der Waals surface area contributed by atoms with Gasteiger partial charge in [0.15, 0.2) is 0 Å². The zero-order valence-corrected chi connectivity index (χ0v) is 8.04. The maximum absolute atomic E-state index is 6.01. The van der Waals surface area contributed by atoms with E-state index in [1.807, 2.05) is 29.5 Å². The molecule has 2 N–H and O–H groups in total. The Morgan fingerprint density at radius 1 is 1.54 bits per heavy atom. The molecule has 2 aromatic heterocycles. The average Bonchev–Trinajstić information content (AvgIpc) is 2.44.